The number of piperazine rings is 1. The lowest BCUT2D eigenvalue weighted by molar-refractivity contribution is -0.122. The van der Waals surface area contributed by atoms with Gasteiger partial charge in [0.15, 0.2) is 0 Å². The summed E-state index contributed by atoms with van der Waals surface area (Å²) in [6.45, 7) is 6.29. The molecule has 0 saturated carbocycles. The Hall–Kier alpha value is -2.27. The molecule has 2 aliphatic heterocycles. The second kappa shape index (κ2) is 9.70. The van der Waals surface area contributed by atoms with Gasteiger partial charge in [-0.3, -0.25) is 18.9 Å². The van der Waals surface area contributed by atoms with Crippen LogP contribution in [0.15, 0.2) is 28.0 Å². The molecule has 0 aromatic carbocycles. The molecule has 0 spiro atoms. The fourth-order valence-corrected chi connectivity index (χ4v) is 5.11. The highest BCUT2D eigenvalue weighted by atomic mass is 32.2. The van der Waals surface area contributed by atoms with Crippen LogP contribution in [0.3, 0.4) is 0 Å². The molecule has 0 bridgehead atoms. The summed E-state index contributed by atoms with van der Waals surface area (Å²) in [5.74, 6) is 0.450. The van der Waals surface area contributed by atoms with Gasteiger partial charge in [-0.1, -0.05) is 30.0 Å². The topological polar surface area (TPSA) is 70.4 Å². The van der Waals surface area contributed by atoms with Gasteiger partial charge in [-0.2, -0.15) is 0 Å². The fraction of sp³-hybridized carbons (Fsp3) is 0.455. The van der Waals surface area contributed by atoms with Crippen molar-refractivity contribution in [3.8, 4) is 0 Å². The summed E-state index contributed by atoms with van der Waals surface area (Å²) in [7, 11) is 3.71. The van der Waals surface area contributed by atoms with E-state index in [1.54, 1.807) is 28.7 Å². The number of methoxy groups -OCH3 is 1. The third-order valence-electron chi connectivity index (χ3n) is 5.67. The Bertz CT molecular complexity index is 1140. The van der Waals surface area contributed by atoms with E-state index in [1.165, 1.54) is 11.8 Å². The maximum Gasteiger partial charge on any atom is 0.267 e. The van der Waals surface area contributed by atoms with Gasteiger partial charge in [-0.05, 0) is 38.1 Å². The summed E-state index contributed by atoms with van der Waals surface area (Å²) in [5, 5.41) is 0. The molecule has 32 heavy (non-hydrogen) atoms. The molecule has 4 heterocycles. The van der Waals surface area contributed by atoms with Crippen molar-refractivity contribution in [3.63, 3.8) is 0 Å². The second-order valence-electron chi connectivity index (χ2n) is 8.06. The van der Waals surface area contributed by atoms with Gasteiger partial charge in [0.25, 0.3) is 11.5 Å². The summed E-state index contributed by atoms with van der Waals surface area (Å²) in [6.07, 6.45) is 4.15. The number of nitrogens with zero attached hydrogens (tertiary/aromatic N) is 5. The van der Waals surface area contributed by atoms with E-state index in [0.717, 1.165) is 31.7 Å². The van der Waals surface area contributed by atoms with E-state index < -0.39 is 0 Å². The third kappa shape index (κ3) is 4.59. The Morgan fingerprint density at radius 3 is 2.69 bits per heavy atom. The van der Waals surface area contributed by atoms with E-state index in [1.807, 2.05) is 19.1 Å². The standard InChI is InChI=1S/C22H27N5O3S2/c1-15-5-6-18-23-19(25-10-8-24(2)9-11-25)16(20(28)27(18)14-15)13-17-21(29)26(22(31)32-17)7-4-12-30-3/h5-6,13-14H,4,7-12H2,1-3H3. The number of anilines is 1. The molecule has 2 saturated heterocycles. The quantitative estimate of drug-likeness (QED) is 0.359. The predicted octanol–water partition coefficient (Wildman–Crippen LogP) is 1.99. The van der Waals surface area contributed by atoms with Crippen molar-refractivity contribution in [2.75, 3.05) is 58.4 Å². The van der Waals surface area contributed by atoms with E-state index >= 15 is 0 Å². The maximum atomic E-state index is 13.5. The van der Waals surface area contributed by atoms with Crippen LogP contribution >= 0.6 is 24.0 Å². The molecule has 0 aliphatic carbocycles. The Morgan fingerprint density at radius 2 is 1.97 bits per heavy atom. The van der Waals surface area contributed by atoms with E-state index in [-0.39, 0.29) is 11.5 Å². The third-order valence-corrected chi connectivity index (χ3v) is 7.05. The SMILES string of the molecule is COCCCN1C(=O)C(=Cc2c(N3CCN(C)CC3)nc3ccc(C)cn3c2=O)SC1=S. The van der Waals surface area contributed by atoms with E-state index in [0.29, 0.717) is 45.8 Å². The first kappa shape index (κ1) is 22.9. The smallest absolute Gasteiger partial charge is 0.267 e. The molecule has 8 nitrogen and oxygen atoms in total. The van der Waals surface area contributed by atoms with Crippen LogP contribution in [0.2, 0.25) is 0 Å². The van der Waals surface area contributed by atoms with Gasteiger partial charge in [-0.25, -0.2) is 4.98 Å². The van der Waals surface area contributed by atoms with Crippen LogP contribution in [0.5, 0.6) is 0 Å². The number of amides is 1. The molecule has 0 atom stereocenters. The number of hydrogen-bond acceptors (Lipinski definition) is 8. The first-order chi connectivity index (χ1) is 15.4. The highest BCUT2D eigenvalue weighted by Crippen LogP contribution is 2.33. The van der Waals surface area contributed by atoms with Crippen molar-refractivity contribution in [1.29, 1.82) is 0 Å². The molecular formula is C22H27N5O3S2. The molecule has 2 aromatic heterocycles. The van der Waals surface area contributed by atoms with Gasteiger partial charge in [0, 0.05) is 52.6 Å². The first-order valence-electron chi connectivity index (χ1n) is 10.6. The molecular weight excluding hydrogens is 446 g/mol. The van der Waals surface area contributed by atoms with Crippen molar-refractivity contribution < 1.29 is 9.53 Å². The van der Waals surface area contributed by atoms with Crippen molar-refractivity contribution in [2.24, 2.45) is 0 Å². The van der Waals surface area contributed by atoms with Crippen LogP contribution in [0, 0.1) is 6.92 Å². The first-order valence-corrected chi connectivity index (χ1v) is 11.8. The number of carbonyl (C=O) groups is 1. The van der Waals surface area contributed by atoms with Crippen molar-refractivity contribution in [3.05, 3.63) is 44.7 Å². The zero-order chi connectivity index (χ0) is 22.8. The van der Waals surface area contributed by atoms with Gasteiger partial charge in [0.1, 0.15) is 15.8 Å². The van der Waals surface area contributed by atoms with Gasteiger partial charge in [0.05, 0.1) is 10.5 Å². The Balaban J connectivity index is 1.77. The van der Waals surface area contributed by atoms with Crippen LogP contribution in [-0.4, -0.2) is 82.9 Å². The zero-order valence-corrected chi connectivity index (χ0v) is 20.2. The molecule has 2 aromatic rings. The number of hydrogen-bond donors (Lipinski definition) is 0. The van der Waals surface area contributed by atoms with Gasteiger partial charge in [0.2, 0.25) is 0 Å². The summed E-state index contributed by atoms with van der Waals surface area (Å²) in [4.78, 5) is 37.8. The van der Waals surface area contributed by atoms with E-state index in [4.69, 9.17) is 21.9 Å². The number of pyridine rings is 1. The normalized spacial score (nSPS) is 19.0. The van der Waals surface area contributed by atoms with E-state index in [9.17, 15) is 9.59 Å². The number of thioether (sulfide) groups is 1. The minimum absolute atomic E-state index is 0.172. The van der Waals surface area contributed by atoms with Crippen molar-refractivity contribution in [2.45, 2.75) is 13.3 Å². The van der Waals surface area contributed by atoms with Crippen LogP contribution in [0.1, 0.15) is 17.5 Å². The molecule has 4 rings (SSSR count). The summed E-state index contributed by atoms with van der Waals surface area (Å²) >= 11 is 6.66. The maximum absolute atomic E-state index is 13.5. The predicted molar refractivity (Wildman–Crippen MR) is 132 cm³/mol. The van der Waals surface area contributed by atoms with Crippen LogP contribution < -0.4 is 10.5 Å². The van der Waals surface area contributed by atoms with E-state index in [2.05, 4.69) is 16.8 Å². The highest BCUT2D eigenvalue weighted by Gasteiger charge is 2.32. The number of aryl methyl sites for hydroxylation is 1. The Morgan fingerprint density at radius 1 is 1.22 bits per heavy atom. The Kier molecular flexibility index (Phi) is 6.94. The van der Waals surface area contributed by atoms with Crippen molar-refractivity contribution in [1.82, 2.24) is 19.2 Å². The van der Waals surface area contributed by atoms with Crippen LogP contribution in [-0.2, 0) is 9.53 Å². The molecule has 10 heteroatoms. The molecule has 2 fully saturated rings. The summed E-state index contributed by atoms with van der Waals surface area (Å²) in [6, 6.07) is 3.80. The average Bonchev–Trinajstić information content (AvgIpc) is 3.04. The number of rotatable bonds is 6. The molecule has 2 aliphatic rings. The Labute approximate surface area is 196 Å². The van der Waals surface area contributed by atoms with Gasteiger partial charge >= 0.3 is 0 Å². The lowest BCUT2D eigenvalue weighted by Crippen LogP contribution is -2.45. The zero-order valence-electron chi connectivity index (χ0n) is 18.5. The molecule has 170 valence electrons. The number of likely N-dealkylation sites (N-methyl/N-ethyl adjacent to an activating group) is 1. The minimum Gasteiger partial charge on any atom is -0.385 e. The summed E-state index contributed by atoms with van der Waals surface area (Å²) in [5.41, 5.74) is 1.80. The minimum atomic E-state index is -0.183. The number of carbonyl (C=O) groups excluding carboxylic acids is 1. The van der Waals surface area contributed by atoms with Gasteiger partial charge in [-0.15, -0.1) is 0 Å². The largest absolute Gasteiger partial charge is 0.385 e. The summed E-state index contributed by atoms with van der Waals surface area (Å²) < 4.78 is 7.15. The number of fused-ring (bicyclic) bond motifs is 1. The second-order valence-corrected chi connectivity index (χ2v) is 9.73. The monoisotopic (exact) mass is 473 g/mol. The molecule has 0 radical (unpaired) electrons. The van der Waals surface area contributed by atoms with Crippen molar-refractivity contribution >= 4 is 51.7 Å². The average molecular weight is 474 g/mol. The number of aromatic nitrogens is 2. The molecule has 0 N–H and O–H groups in total. The lowest BCUT2D eigenvalue weighted by Gasteiger charge is -2.34. The lowest BCUT2D eigenvalue weighted by atomic mass is 10.2. The van der Waals surface area contributed by atoms with Gasteiger partial charge < -0.3 is 14.5 Å². The van der Waals surface area contributed by atoms with Crippen LogP contribution in [0.25, 0.3) is 11.7 Å². The molecule has 1 amide bonds. The number of ether oxygens (including phenoxy) is 1. The van der Waals surface area contributed by atoms with Crippen LogP contribution in [0.4, 0.5) is 5.82 Å². The highest BCUT2D eigenvalue weighted by molar-refractivity contribution is 8.26. The number of thiocarbonyl (C=S) groups is 1. The fourth-order valence-electron chi connectivity index (χ4n) is 3.82. The molecule has 0 unspecified atom stereocenters.